The normalized spacial score (nSPS) is 11.8. The summed E-state index contributed by atoms with van der Waals surface area (Å²) in [5.41, 5.74) is 6.62. The van der Waals surface area contributed by atoms with Crippen LogP contribution in [0.15, 0.2) is 29.3 Å². The first kappa shape index (κ1) is 15.1. The Morgan fingerprint density at radius 3 is 2.37 bits per heavy atom. The Labute approximate surface area is 113 Å². The summed E-state index contributed by atoms with van der Waals surface area (Å²) in [4.78, 5) is 16.6. The summed E-state index contributed by atoms with van der Waals surface area (Å²) >= 11 is 0. The predicted octanol–water partition coefficient (Wildman–Crippen LogP) is 1.64. The summed E-state index contributed by atoms with van der Waals surface area (Å²) in [6.45, 7) is 7.68. The molecular formula is C13H20N4O2. The van der Waals surface area contributed by atoms with Crippen molar-refractivity contribution in [3.63, 3.8) is 0 Å². The van der Waals surface area contributed by atoms with Gasteiger partial charge in [-0.15, -0.1) is 0 Å². The zero-order chi connectivity index (χ0) is 14.3. The van der Waals surface area contributed by atoms with Gasteiger partial charge in [-0.2, -0.15) is 0 Å². The Morgan fingerprint density at radius 2 is 1.89 bits per heavy atom. The van der Waals surface area contributed by atoms with Crippen molar-refractivity contribution < 1.29 is 4.92 Å². The van der Waals surface area contributed by atoms with E-state index in [4.69, 9.17) is 5.73 Å². The van der Waals surface area contributed by atoms with Crippen LogP contribution in [0, 0.1) is 10.1 Å². The highest BCUT2D eigenvalue weighted by Crippen LogP contribution is 2.11. The van der Waals surface area contributed by atoms with Gasteiger partial charge in [0.2, 0.25) is 0 Å². The van der Waals surface area contributed by atoms with Crippen LogP contribution in [-0.4, -0.2) is 41.8 Å². The molecule has 0 saturated carbocycles. The zero-order valence-corrected chi connectivity index (χ0v) is 11.4. The maximum atomic E-state index is 10.5. The minimum Gasteiger partial charge on any atom is -0.384 e. The van der Waals surface area contributed by atoms with E-state index >= 15 is 0 Å². The Balaban J connectivity index is 2.61. The number of nitrogens with two attached hydrogens (primary N) is 1. The van der Waals surface area contributed by atoms with Crippen LogP contribution < -0.4 is 5.73 Å². The maximum Gasteiger partial charge on any atom is 0.269 e. The number of benzene rings is 1. The number of likely N-dealkylation sites (N-methyl/N-ethyl adjacent to an activating group) is 1. The molecule has 0 aliphatic heterocycles. The minimum atomic E-state index is -0.433. The number of nitro benzene ring substituents is 1. The SMILES string of the molecule is CCN(CC)CCN=C(N)c1ccc([N+](=O)[O-])cc1. The first-order chi connectivity index (χ1) is 9.08. The zero-order valence-electron chi connectivity index (χ0n) is 11.4. The Morgan fingerprint density at radius 1 is 1.32 bits per heavy atom. The molecular weight excluding hydrogens is 244 g/mol. The van der Waals surface area contributed by atoms with Gasteiger partial charge in [-0.1, -0.05) is 13.8 Å². The first-order valence-corrected chi connectivity index (χ1v) is 6.35. The van der Waals surface area contributed by atoms with E-state index in [1.165, 1.54) is 12.1 Å². The highest BCUT2D eigenvalue weighted by atomic mass is 16.6. The third kappa shape index (κ3) is 4.67. The van der Waals surface area contributed by atoms with Crippen LogP contribution in [0.5, 0.6) is 0 Å². The monoisotopic (exact) mass is 264 g/mol. The second kappa shape index (κ2) is 7.48. The maximum absolute atomic E-state index is 10.5. The molecule has 2 N–H and O–H groups in total. The molecule has 0 heterocycles. The third-order valence-corrected chi connectivity index (χ3v) is 2.97. The van der Waals surface area contributed by atoms with E-state index in [-0.39, 0.29) is 5.69 Å². The number of rotatable bonds is 7. The molecule has 0 saturated heterocycles. The first-order valence-electron chi connectivity index (χ1n) is 6.35. The molecule has 0 fully saturated rings. The molecule has 0 bridgehead atoms. The molecule has 0 spiro atoms. The van der Waals surface area contributed by atoms with Crippen molar-refractivity contribution in [2.45, 2.75) is 13.8 Å². The summed E-state index contributed by atoms with van der Waals surface area (Å²) in [6.07, 6.45) is 0. The lowest BCUT2D eigenvalue weighted by Gasteiger charge is -2.16. The summed E-state index contributed by atoms with van der Waals surface area (Å²) in [5, 5.41) is 10.5. The van der Waals surface area contributed by atoms with Crippen molar-refractivity contribution in [1.29, 1.82) is 0 Å². The molecule has 0 atom stereocenters. The van der Waals surface area contributed by atoms with Crippen LogP contribution in [0.1, 0.15) is 19.4 Å². The van der Waals surface area contributed by atoms with Gasteiger partial charge in [0, 0.05) is 24.2 Å². The quantitative estimate of drug-likeness (QED) is 0.351. The lowest BCUT2D eigenvalue weighted by atomic mass is 10.2. The van der Waals surface area contributed by atoms with E-state index in [2.05, 4.69) is 23.7 Å². The average Bonchev–Trinajstić information content (AvgIpc) is 2.43. The molecule has 0 aliphatic rings. The summed E-state index contributed by atoms with van der Waals surface area (Å²) in [7, 11) is 0. The van der Waals surface area contributed by atoms with Crippen LogP contribution in [0.25, 0.3) is 0 Å². The van der Waals surface area contributed by atoms with Crippen molar-refractivity contribution in [2.75, 3.05) is 26.2 Å². The number of non-ortho nitro benzene ring substituents is 1. The smallest absolute Gasteiger partial charge is 0.269 e. The van der Waals surface area contributed by atoms with Gasteiger partial charge in [-0.3, -0.25) is 15.1 Å². The standard InChI is InChI=1S/C13H20N4O2/c1-3-16(4-2)10-9-15-13(14)11-5-7-12(8-6-11)17(18)19/h5-8H,3-4,9-10H2,1-2H3,(H2,14,15). The van der Waals surface area contributed by atoms with Gasteiger partial charge in [-0.25, -0.2) is 0 Å². The van der Waals surface area contributed by atoms with E-state index in [0.29, 0.717) is 17.9 Å². The summed E-state index contributed by atoms with van der Waals surface area (Å²) in [6, 6.07) is 6.10. The van der Waals surface area contributed by atoms with E-state index < -0.39 is 4.92 Å². The number of nitro groups is 1. The van der Waals surface area contributed by atoms with Crippen molar-refractivity contribution in [3.05, 3.63) is 39.9 Å². The summed E-state index contributed by atoms with van der Waals surface area (Å²) in [5.74, 6) is 0.419. The third-order valence-electron chi connectivity index (χ3n) is 2.97. The number of hydrogen-bond acceptors (Lipinski definition) is 4. The van der Waals surface area contributed by atoms with E-state index in [0.717, 1.165) is 19.6 Å². The second-order valence-electron chi connectivity index (χ2n) is 4.10. The Kier molecular flexibility index (Phi) is 5.95. The average molecular weight is 264 g/mol. The van der Waals surface area contributed by atoms with Crippen LogP contribution in [-0.2, 0) is 0 Å². The van der Waals surface area contributed by atoms with Crippen LogP contribution in [0.4, 0.5) is 5.69 Å². The molecule has 1 rings (SSSR count). The van der Waals surface area contributed by atoms with Crippen molar-refractivity contribution in [1.82, 2.24) is 4.90 Å². The molecule has 0 amide bonds. The van der Waals surface area contributed by atoms with Crippen LogP contribution >= 0.6 is 0 Å². The number of hydrogen-bond donors (Lipinski definition) is 1. The molecule has 0 aromatic heterocycles. The number of nitrogens with zero attached hydrogens (tertiary/aromatic N) is 3. The molecule has 1 aromatic rings. The van der Waals surface area contributed by atoms with Crippen molar-refractivity contribution in [3.8, 4) is 0 Å². The van der Waals surface area contributed by atoms with Gasteiger partial charge in [0.05, 0.1) is 11.5 Å². The summed E-state index contributed by atoms with van der Waals surface area (Å²) < 4.78 is 0. The minimum absolute atomic E-state index is 0.0553. The lowest BCUT2D eigenvalue weighted by Crippen LogP contribution is -2.26. The Hall–Kier alpha value is -1.95. The van der Waals surface area contributed by atoms with Crippen molar-refractivity contribution >= 4 is 11.5 Å². The van der Waals surface area contributed by atoms with Gasteiger partial charge >= 0.3 is 0 Å². The molecule has 19 heavy (non-hydrogen) atoms. The number of amidine groups is 1. The largest absolute Gasteiger partial charge is 0.384 e. The van der Waals surface area contributed by atoms with Gasteiger partial charge in [0.15, 0.2) is 0 Å². The van der Waals surface area contributed by atoms with Crippen LogP contribution in [0.3, 0.4) is 0 Å². The molecule has 104 valence electrons. The van der Waals surface area contributed by atoms with E-state index in [1.54, 1.807) is 12.1 Å². The predicted molar refractivity (Wildman–Crippen MR) is 76.5 cm³/mol. The molecule has 1 aromatic carbocycles. The fourth-order valence-electron chi connectivity index (χ4n) is 1.70. The van der Waals surface area contributed by atoms with E-state index in [1.807, 2.05) is 0 Å². The van der Waals surface area contributed by atoms with Gasteiger partial charge in [0.1, 0.15) is 5.84 Å². The van der Waals surface area contributed by atoms with Gasteiger partial charge < -0.3 is 10.6 Å². The van der Waals surface area contributed by atoms with Gasteiger partial charge in [-0.05, 0) is 25.2 Å². The second-order valence-corrected chi connectivity index (χ2v) is 4.10. The lowest BCUT2D eigenvalue weighted by molar-refractivity contribution is -0.384. The highest BCUT2D eigenvalue weighted by Gasteiger charge is 2.05. The molecule has 0 aliphatic carbocycles. The fourth-order valence-corrected chi connectivity index (χ4v) is 1.70. The molecule has 0 unspecified atom stereocenters. The van der Waals surface area contributed by atoms with Gasteiger partial charge in [0.25, 0.3) is 5.69 Å². The molecule has 6 heteroatoms. The van der Waals surface area contributed by atoms with E-state index in [9.17, 15) is 10.1 Å². The number of aliphatic imine (C=N–C) groups is 1. The molecule has 0 radical (unpaired) electrons. The molecule has 6 nitrogen and oxygen atoms in total. The Bertz CT molecular complexity index is 438. The van der Waals surface area contributed by atoms with Crippen molar-refractivity contribution in [2.24, 2.45) is 10.7 Å². The van der Waals surface area contributed by atoms with Crippen LogP contribution in [0.2, 0.25) is 0 Å². The topological polar surface area (TPSA) is 84.8 Å². The fraction of sp³-hybridized carbons (Fsp3) is 0.462. The highest BCUT2D eigenvalue weighted by molar-refractivity contribution is 5.97.